The Kier molecular flexibility index (Phi) is 5.80. The molecule has 0 aromatic rings. The molecule has 0 saturated carbocycles. The van der Waals surface area contributed by atoms with Crippen molar-refractivity contribution in [2.75, 3.05) is 13.1 Å². The quantitative estimate of drug-likeness (QED) is 0.806. The molecule has 1 aliphatic rings. The van der Waals surface area contributed by atoms with Crippen LogP contribution in [0.25, 0.3) is 0 Å². The van der Waals surface area contributed by atoms with Gasteiger partial charge in [-0.1, -0.05) is 0 Å². The Labute approximate surface area is 120 Å². The summed E-state index contributed by atoms with van der Waals surface area (Å²) in [5.41, 5.74) is -0.486. The van der Waals surface area contributed by atoms with Gasteiger partial charge in [-0.25, -0.2) is 4.79 Å². The van der Waals surface area contributed by atoms with Crippen LogP contribution in [0.2, 0.25) is 0 Å². The largest absolute Gasteiger partial charge is 0.480 e. The lowest BCUT2D eigenvalue weighted by atomic mass is 10.1. The summed E-state index contributed by atoms with van der Waals surface area (Å²) in [6.07, 6.45) is 2.39. The molecule has 0 radical (unpaired) electrons. The molecule has 1 heterocycles. The van der Waals surface area contributed by atoms with Gasteiger partial charge in [-0.3, -0.25) is 4.79 Å². The van der Waals surface area contributed by atoms with E-state index in [9.17, 15) is 9.59 Å². The van der Waals surface area contributed by atoms with Crippen molar-refractivity contribution in [1.29, 1.82) is 0 Å². The van der Waals surface area contributed by atoms with Gasteiger partial charge in [0.1, 0.15) is 11.6 Å². The third-order valence-corrected chi connectivity index (χ3v) is 3.30. The molecule has 0 aromatic carbocycles. The second-order valence-electron chi connectivity index (χ2n) is 6.27. The van der Waals surface area contributed by atoms with Crippen molar-refractivity contribution in [1.82, 2.24) is 10.2 Å². The molecule has 2 unspecified atom stereocenters. The van der Waals surface area contributed by atoms with Gasteiger partial charge in [-0.2, -0.15) is 0 Å². The van der Waals surface area contributed by atoms with E-state index in [0.29, 0.717) is 13.1 Å². The van der Waals surface area contributed by atoms with Crippen LogP contribution in [0.5, 0.6) is 0 Å². The van der Waals surface area contributed by atoms with Crippen molar-refractivity contribution in [3.63, 3.8) is 0 Å². The first-order valence-corrected chi connectivity index (χ1v) is 7.16. The van der Waals surface area contributed by atoms with Gasteiger partial charge in [0.2, 0.25) is 0 Å². The number of ether oxygens (including phenoxy) is 1. The molecule has 0 aliphatic carbocycles. The zero-order valence-corrected chi connectivity index (χ0v) is 12.8. The molecule has 6 nitrogen and oxygen atoms in total. The summed E-state index contributed by atoms with van der Waals surface area (Å²) in [6, 6.07) is -0.426. The number of carbonyl (C=O) groups excluding carboxylic acids is 1. The lowest BCUT2D eigenvalue weighted by molar-refractivity contribution is -0.139. The summed E-state index contributed by atoms with van der Waals surface area (Å²) >= 11 is 0. The zero-order chi connectivity index (χ0) is 15.3. The maximum atomic E-state index is 12.1. The van der Waals surface area contributed by atoms with E-state index in [4.69, 9.17) is 9.84 Å². The number of rotatable bonds is 5. The second kappa shape index (κ2) is 6.92. The SMILES string of the molecule is CC(NCCC1CCCN1C(=O)OC(C)(C)C)C(=O)O. The number of amides is 1. The van der Waals surface area contributed by atoms with Crippen LogP contribution < -0.4 is 5.32 Å². The highest BCUT2D eigenvalue weighted by Gasteiger charge is 2.31. The lowest BCUT2D eigenvalue weighted by Crippen LogP contribution is -2.42. The molecule has 6 heteroatoms. The normalized spacial score (nSPS) is 20.8. The summed E-state index contributed by atoms with van der Waals surface area (Å²) in [5.74, 6) is -0.861. The first kappa shape index (κ1) is 16.8. The fourth-order valence-corrected chi connectivity index (χ4v) is 2.25. The van der Waals surface area contributed by atoms with E-state index < -0.39 is 17.6 Å². The minimum absolute atomic E-state index is 0.137. The number of hydrogen-bond donors (Lipinski definition) is 2. The van der Waals surface area contributed by atoms with Crippen molar-refractivity contribution in [3.8, 4) is 0 Å². The first-order valence-electron chi connectivity index (χ1n) is 7.16. The number of aliphatic carboxylic acids is 1. The molecule has 2 N–H and O–H groups in total. The minimum atomic E-state index is -0.861. The van der Waals surface area contributed by atoms with Gasteiger partial charge in [0.25, 0.3) is 0 Å². The van der Waals surface area contributed by atoms with E-state index in [1.165, 1.54) is 0 Å². The van der Waals surface area contributed by atoms with Gasteiger partial charge >= 0.3 is 12.1 Å². The number of hydrogen-bond acceptors (Lipinski definition) is 4. The summed E-state index contributed by atoms with van der Waals surface area (Å²) in [6.45, 7) is 8.47. The molecule has 1 saturated heterocycles. The van der Waals surface area contributed by atoms with E-state index in [-0.39, 0.29) is 12.1 Å². The van der Waals surface area contributed by atoms with E-state index in [0.717, 1.165) is 19.3 Å². The summed E-state index contributed by atoms with van der Waals surface area (Å²) in [5, 5.41) is 11.7. The molecule has 116 valence electrons. The van der Waals surface area contributed by atoms with Gasteiger partial charge in [0.15, 0.2) is 0 Å². The molecule has 2 atom stereocenters. The van der Waals surface area contributed by atoms with Gasteiger partial charge < -0.3 is 20.1 Å². The third kappa shape index (κ3) is 5.36. The topological polar surface area (TPSA) is 78.9 Å². The number of nitrogens with zero attached hydrogens (tertiary/aromatic N) is 1. The van der Waals surface area contributed by atoms with Crippen LogP contribution >= 0.6 is 0 Å². The van der Waals surface area contributed by atoms with E-state index in [1.54, 1.807) is 11.8 Å². The minimum Gasteiger partial charge on any atom is -0.480 e. The van der Waals surface area contributed by atoms with Crippen molar-refractivity contribution < 1.29 is 19.4 Å². The van der Waals surface area contributed by atoms with Crippen molar-refractivity contribution >= 4 is 12.1 Å². The van der Waals surface area contributed by atoms with Crippen LogP contribution in [0, 0.1) is 0 Å². The number of carboxylic acid groups (broad SMARTS) is 1. The highest BCUT2D eigenvalue weighted by Crippen LogP contribution is 2.22. The summed E-state index contributed by atoms with van der Waals surface area (Å²) < 4.78 is 5.39. The second-order valence-corrected chi connectivity index (χ2v) is 6.27. The van der Waals surface area contributed by atoms with Gasteiger partial charge in [-0.15, -0.1) is 0 Å². The molecule has 20 heavy (non-hydrogen) atoms. The van der Waals surface area contributed by atoms with Crippen molar-refractivity contribution in [3.05, 3.63) is 0 Å². The highest BCUT2D eigenvalue weighted by atomic mass is 16.6. The standard InChI is InChI=1S/C14H26N2O4/c1-10(12(17)18)15-8-7-11-6-5-9-16(11)13(19)20-14(2,3)4/h10-11,15H,5-9H2,1-4H3,(H,17,18). The molecule has 1 amide bonds. The average molecular weight is 286 g/mol. The van der Waals surface area contributed by atoms with Gasteiger partial charge in [0.05, 0.1) is 0 Å². The zero-order valence-electron chi connectivity index (χ0n) is 12.8. The molecular formula is C14H26N2O4. The van der Waals surface area contributed by atoms with E-state index >= 15 is 0 Å². The maximum Gasteiger partial charge on any atom is 0.410 e. The Morgan fingerprint density at radius 3 is 2.65 bits per heavy atom. The number of carbonyl (C=O) groups is 2. The molecule has 1 rings (SSSR count). The Hall–Kier alpha value is -1.30. The van der Waals surface area contributed by atoms with Crippen molar-refractivity contribution in [2.45, 2.75) is 64.6 Å². The fourth-order valence-electron chi connectivity index (χ4n) is 2.25. The fraction of sp³-hybridized carbons (Fsp3) is 0.857. The summed E-state index contributed by atoms with van der Waals surface area (Å²) in [7, 11) is 0. The Morgan fingerprint density at radius 1 is 1.45 bits per heavy atom. The average Bonchev–Trinajstić information content (AvgIpc) is 2.74. The number of nitrogens with one attached hydrogen (secondary N) is 1. The monoisotopic (exact) mass is 286 g/mol. The molecular weight excluding hydrogens is 260 g/mol. The smallest absolute Gasteiger partial charge is 0.410 e. The summed E-state index contributed by atoms with van der Waals surface area (Å²) in [4.78, 5) is 24.5. The highest BCUT2D eigenvalue weighted by molar-refractivity contribution is 5.72. The Morgan fingerprint density at radius 2 is 2.10 bits per heavy atom. The van der Waals surface area contributed by atoms with E-state index in [1.807, 2.05) is 20.8 Å². The van der Waals surface area contributed by atoms with Crippen LogP contribution in [-0.2, 0) is 9.53 Å². The molecule has 1 fully saturated rings. The molecule has 0 spiro atoms. The molecule has 0 bridgehead atoms. The van der Waals surface area contributed by atoms with Crippen molar-refractivity contribution in [2.24, 2.45) is 0 Å². The van der Waals surface area contributed by atoms with Gasteiger partial charge in [0, 0.05) is 12.6 Å². The Balaban J connectivity index is 2.41. The van der Waals surface area contributed by atoms with Gasteiger partial charge in [-0.05, 0) is 53.5 Å². The van der Waals surface area contributed by atoms with Crippen LogP contribution in [0.1, 0.15) is 47.0 Å². The predicted molar refractivity (Wildman–Crippen MR) is 75.7 cm³/mol. The molecule has 1 aliphatic heterocycles. The van der Waals surface area contributed by atoms with Crippen LogP contribution in [0.4, 0.5) is 4.79 Å². The number of likely N-dealkylation sites (tertiary alicyclic amines) is 1. The Bertz CT molecular complexity index is 352. The van der Waals surface area contributed by atoms with E-state index in [2.05, 4.69) is 5.32 Å². The lowest BCUT2D eigenvalue weighted by Gasteiger charge is -2.28. The van der Waals surface area contributed by atoms with Crippen LogP contribution in [0.3, 0.4) is 0 Å². The maximum absolute atomic E-state index is 12.1. The van der Waals surface area contributed by atoms with Crippen LogP contribution in [0.15, 0.2) is 0 Å². The van der Waals surface area contributed by atoms with Crippen LogP contribution in [-0.4, -0.2) is 52.8 Å². The molecule has 0 aromatic heterocycles. The third-order valence-electron chi connectivity index (χ3n) is 3.30. The number of carboxylic acids is 1. The first-order chi connectivity index (χ1) is 9.20. The predicted octanol–water partition coefficient (Wildman–Crippen LogP) is 1.84.